The average Bonchev–Trinajstić information content (AvgIpc) is 3.02. The first-order valence-electron chi connectivity index (χ1n) is 9.30. The fourth-order valence-corrected chi connectivity index (χ4v) is 3.60. The zero-order valence-corrected chi connectivity index (χ0v) is 16.1. The van der Waals surface area contributed by atoms with Gasteiger partial charge in [0.15, 0.2) is 0 Å². The van der Waals surface area contributed by atoms with Gasteiger partial charge in [-0.05, 0) is 24.5 Å². The SMILES string of the molecule is COCC(=O)NCCC1CN(Cc2ccccc2OC)Cc2ccnn2C1. The summed E-state index contributed by atoms with van der Waals surface area (Å²) in [6, 6.07) is 10.2. The highest BCUT2D eigenvalue weighted by Gasteiger charge is 2.23. The molecule has 2 heterocycles. The van der Waals surface area contributed by atoms with Gasteiger partial charge >= 0.3 is 0 Å². The zero-order valence-electron chi connectivity index (χ0n) is 16.1. The van der Waals surface area contributed by atoms with Crippen LogP contribution >= 0.6 is 0 Å². The van der Waals surface area contributed by atoms with Crippen LogP contribution in [0.1, 0.15) is 17.7 Å². The van der Waals surface area contributed by atoms with E-state index in [0.29, 0.717) is 12.5 Å². The molecule has 7 heteroatoms. The lowest BCUT2D eigenvalue weighted by molar-refractivity contribution is -0.124. The largest absolute Gasteiger partial charge is 0.496 e. The minimum absolute atomic E-state index is 0.0724. The third kappa shape index (κ3) is 5.30. The number of benzene rings is 1. The third-order valence-electron chi connectivity index (χ3n) is 4.87. The quantitative estimate of drug-likeness (QED) is 0.764. The molecule has 7 nitrogen and oxygen atoms in total. The molecule has 0 spiro atoms. The molecule has 2 aromatic rings. The highest BCUT2D eigenvalue weighted by Crippen LogP contribution is 2.24. The van der Waals surface area contributed by atoms with Crippen molar-refractivity contribution < 1.29 is 14.3 Å². The van der Waals surface area contributed by atoms with Crippen molar-refractivity contribution in [3.63, 3.8) is 0 Å². The van der Waals surface area contributed by atoms with Crippen LogP contribution in [-0.2, 0) is 29.2 Å². The third-order valence-corrected chi connectivity index (χ3v) is 4.87. The number of methoxy groups -OCH3 is 2. The van der Waals surface area contributed by atoms with Crippen LogP contribution in [0, 0.1) is 5.92 Å². The van der Waals surface area contributed by atoms with E-state index >= 15 is 0 Å². The standard InChI is InChI=1S/C20H28N4O3/c1-26-15-20(25)21-9-7-16-11-23(14-18-8-10-22-24(18)12-16)13-17-5-3-4-6-19(17)27-2/h3-6,8,10,16H,7,9,11-15H2,1-2H3,(H,21,25). The van der Waals surface area contributed by atoms with Crippen LogP contribution in [-0.4, -0.2) is 54.5 Å². The summed E-state index contributed by atoms with van der Waals surface area (Å²) in [5, 5.41) is 7.39. The zero-order chi connectivity index (χ0) is 19.1. The van der Waals surface area contributed by atoms with Crippen LogP contribution in [0.5, 0.6) is 5.75 Å². The van der Waals surface area contributed by atoms with Gasteiger partial charge in [-0.25, -0.2) is 0 Å². The fourth-order valence-electron chi connectivity index (χ4n) is 3.60. The molecule has 1 aliphatic heterocycles. The number of carbonyl (C=O) groups excluding carboxylic acids is 1. The monoisotopic (exact) mass is 372 g/mol. The topological polar surface area (TPSA) is 68.6 Å². The maximum atomic E-state index is 11.6. The lowest BCUT2D eigenvalue weighted by Crippen LogP contribution is -2.32. The molecule has 1 amide bonds. The smallest absolute Gasteiger partial charge is 0.245 e. The number of carbonyl (C=O) groups is 1. The molecule has 1 N–H and O–H groups in total. The van der Waals surface area contributed by atoms with Gasteiger partial charge in [-0.15, -0.1) is 0 Å². The Hall–Kier alpha value is -2.38. The Morgan fingerprint density at radius 1 is 1.26 bits per heavy atom. The van der Waals surface area contributed by atoms with Crippen LogP contribution < -0.4 is 10.1 Å². The van der Waals surface area contributed by atoms with Gasteiger partial charge in [-0.1, -0.05) is 18.2 Å². The first-order chi connectivity index (χ1) is 13.2. The molecule has 1 aromatic carbocycles. The number of rotatable bonds is 8. The Bertz CT molecular complexity index is 746. The molecule has 1 aliphatic rings. The number of amides is 1. The Morgan fingerprint density at radius 2 is 2.11 bits per heavy atom. The first kappa shape index (κ1) is 19.4. The summed E-state index contributed by atoms with van der Waals surface area (Å²) in [7, 11) is 3.24. The molecule has 0 saturated carbocycles. The average molecular weight is 372 g/mol. The van der Waals surface area contributed by atoms with E-state index in [1.807, 2.05) is 24.4 Å². The van der Waals surface area contributed by atoms with Crippen molar-refractivity contribution in [2.24, 2.45) is 5.92 Å². The van der Waals surface area contributed by atoms with Crippen LogP contribution in [0.2, 0.25) is 0 Å². The summed E-state index contributed by atoms with van der Waals surface area (Å²) < 4.78 is 12.5. The molecule has 27 heavy (non-hydrogen) atoms. The van der Waals surface area contributed by atoms with E-state index in [1.165, 1.54) is 18.4 Å². The van der Waals surface area contributed by atoms with E-state index in [0.717, 1.165) is 38.3 Å². The van der Waals surface area contributed by atoms with Crippen LogP contribution in [0.25, 0.3) is 0 Å². The summed E-state index contributed by atoms with van der Waals surface area (Å²) in [5.74, 6) is 1.25. The Morgan fingerprint density at radius 3 is 2.93 bits per heavy atom. The van der Waals surface area contributed by atoms with Crippen molar-refractivity contribution in [1.29, 1.82) is 0 Å². The van der Waals surface area contributed by atoms with Crippen molar-refractivity contribution in [1.82, 2.24) is 20.0 Å². The highest BCUT2D eigenvalue weighted by molar-refractivity contribution is 5.77. The minimum atomic E-state index is -0.0724. The first-order valence-corrected chi connectivity index (χ1v) is 9.30. The van der Waals surface area contributed by atoms with Gasteiger partial charge in [0, 0.05) is 51.6 Å². The second-order valence-electron chi connectivity index (χ2n) is 6.92. The maximum absolute atomic E-state index is 11.6. The molecule has 0 saturated heterocycles. The predicted molar refractivity (Wildman–Crippen MR) is 102 cm³/mol. The summed E-state index contributed by atoms with van der Waals surface area (Å²) in [4.78, 5) is 14.0. The highest BCUT2D eigenvalue weighted by atomic mass is 16.5. The minimum Gasteiger partial charge on any atom is -0.496 e. The number of fused-ring (bicyclic) bond motifs is 1. The number of hydrogen-bond acceptors (Lipinski definition) is 5. The van der Waals surface area contributed by atoms with Crippen molar-refractivity contribution >= 4 is 5.91 Å². The predicted octanol–water partition coefficient (Wildman–Crippen LogP) is 1.68. The van der Waals surface area contributed by atoms with Gasteiger partial charge in [0.25, 0.3) is 0 Å². The van der Waals surface area contributed by atoms with Gasteiger partial charge < -0.3 is 14.8 Å². The fraction of sp³-hybridized carbons (Fsp3) is 0.500. The Balaban J connectivity index is 1.66. The summed E-state index contributed by atoms with van der Waals surface area (Å²) >= 11 is 0. The molecule has 3 rings (SSSR count). The molecule has 146 valence electrons. The molecule has 1 unspecified atom stereocenters. The normalized spacial score (nSPS) is 17.2. The number of nitrogens with one attached hydrogen (secondary N) is 1. The summed E-state index contributed by atoms with van der Waals surface area (Å²) in [6.07, 6.45) is 2.76. The molecule has 0 radical (unpaired) electrons. The van der Waals surface area contributed by atoms with Crippen LogP contribution in [0.15, 0.2) is 36.5 Å². The van der Waals surface area contributed by atoms with Gasteiger partial charge in [0.05, 0.1) is 12.8 Å². The van der Waals surface area contributed by atoms with Crippen LogP contribution in [0.3, 0.4) is 0 Å². The molecular weight excluding hydrogens is 344 g/mol. The number of nitrogens with zero attached hydrogens (tertiary/aromatic N) is 3. The molecule has 0 aliphatic carbocycles. The number of aromatic nitrogens is 2. The van der Waals surface area contributed by atoms with Gasteiger partial charge in [0.1, 0.15) is 12.4 Å². The van der Waals surface area contributed by atoms with Crippen molar-refractivity contribution in [2.75, 3.05) is 33.9 Å². The summed E-state index contributed by atoms with van der Waals surface area (Å²) in [5.41, 5.74) is 2.40. The van der Waals surface area contributed by atoms with E-state index in [9.17, 15) is 4.79 Å². The molecule has 0 fully saturated rings. The number of para-hydroxylation sites is 1. The van der Waals surface area contributed by atoms with Crippen molar-refractivity contribution in [2.45, 2.75) is 26.1 Å². The molecular formula is C20H28N4O3. The second-order valence-corrected chi connectivity index (χ2v) is 6.92. The van der Waals surface area contributed by atoms with E-state index < -0.39 is 0 Å². The van der Waals surface area contributed by atoms with Crippen molar-refractivity contribution in [3.05, 3.63) is 47.8 Å². The van der Waals surface area contributed by atoms with E-state index in [2.05, 4.69) is 32.1 Å². The number of ether oxygens (including phenoxy) is 2. The second kappa shape index (κ2) is 9.53. The maximum Gasteiger partial charge on any atom is 0.245 e. The lowest BCUT2D eigenvalue weighted by Gasteiger charge is -2.24. The van der Waals surface area contributed by atoms with Crippen LogP contribution in [0.4, 0.5) is 0 Å². The van der Waals surface area contributed by atoms with E-state index in [1.54, 1.807) is 7.11 Å². The van der Waals surface area contributed by atoms with Crippen molar-refractivity contribution in [3.8, 4) is 5.75 Å². The molecule has 0 bridgehead atoms. The van der Waals surface area contributed by atoms with E-state index in [-0.39, 0.29) is 12.5 Å². The van der Waals surface area contributed by atoms with Gasteiger partial charge in [-0.3, -0.25) is 14.4 Å². The van der Waals surface area contributed by atoms with Gasteiger partial charge in [0.2, 0.25) is 5.91 Å². The Kier molecular flexibility index (Phi) is 6.84. The lowest BCUT2D eigenvalue weighted by atomic mass is 10.0. The number of hydrogen-bond donors (Lipinski definition) is 1. The van der Waals surface area contributed by atoms with E-state index in [4.69, 9.17) is 9.47 Å². The molecule has 1 aromatic heterocycles. The molecule has 1 atom stereocenters. The summed E-state index contributed by atoms with van der Waals surface area (Å²) in [6.45, 7) is 4.23. The van der Waals surface area contributed by atoms with Gasteiger partial charge in [-0.2, -0.15) is 5.10 Å². The Labute approximate surface area is 160 Å².